The van der Waals surface area contributed by atoms with E-state index >= 15 is 0 Å². The summed E-state index contributed by atoms with van der Waals surface area (Å²) in [5, 5.41) is 0. The lowest BCUT2D eigenvalue weighted by molar-refractivity contribution is -0.158. The van der Waals surface area contributed by atoms with E-state index in [2.05, 4.69) is 26.9 Å². The third kappa shape index (κ3) is 4.16. The normalized spacial score (nSPS) is 29.8. The quantitative estimate of drug-likeness (QED) is 0.353. The summed E-state index contributed by atoms with van der Waals surface area (Å²) in [5.74, 6) is 0.121. The van der Waals surface area contributed by atoms with E-state index in [-0.39, 0.29) is 53.9 Å². The molecule has 2 aliphatic carbocycles. The topological polar surface area (TPSA) is 83.1 Å². The van der Waals surface area contributed by atoms with Crippen molar-refractivity contribution in [2.24, 2.45) is 29.6 Å². The van der Waals surface area contributed by atoms with Crippen LogP contribution in [-0.4, -0.2) is 77.9 Å². The molecule has 0 radical (unpaired) electrons. The molecule has 0 N–H and O–H groups in total. The van der Waals surface area contributed by atoms with Crippen LogP contribution in [0.3, 0.4) is 0 Å². The number of anilines is 1. The number of imide groups is 1. The molecule has 5 unspecified atom stereocenters. The standard InChI is InChI=1S/C25H32N4O4/c1-16(2)25(32)33-19(14-27-9-11-28(12-10-27)20-5-3-4-8-26-20)15-29-23(30)21-17-6-7-18(13-17)22(21)24(29)31/h3-8,16-19,21-22H,9-15H2,1-2H3. The molecule has 2 bridgehead atoms. The SMILES string of the molecule is CC(C)C(=O)OC(CN1CCN(c2ccccn2)CC1)CN1C(=O)C2C3C=CC(C3)C2C1=O. The van der Waals surface area contributed by atoms with Crippen molar-refractivity contribution in [3.05, 3.63) is 36.5 Å². The van der Waals surface area contributed by atoms with E-state index in [0.29, 0.717) is 6.54 Å². The molecule has 5 atom stereocenters. The molecule has 3 heterocycles. The minimum atomic E-state index is -0.529. The molecule has 0 aromatic carbocycles. The summed E-state index contributed by atoms with van der Waals surface area (Å²) in [6.07, 6.45) is 6.37. The number of likely N-dealkylation sites (tertiary alicyclic amines) is 1. The van der Waals surface area contributed by atoms with E-state index in [1.165, 1.54) is 4.90 Å². The second kappa shape index (κ2) is 8.89. The third-order valence-corrected chi connectivity index (χ3v) is 7.51. The van der Waals surface area contributed by atoms with Crippen molar-refractivity contribution in [2.75, 3.05) is 44.2 Å². The van der Waals surface area contributed by atoms with Gasteiger partial charge < -0.3 is 9.64 Å². The van der Waals surface area contributed by atoms with Gasteiger partial charge in [-0.1, -0.05) is 32.1 Å². The van der Waals surface area contributed by atoms with Gasteiger partial charge in [0.05, 0.1) is 24.3 Å². The van der Waals surface area contributed by atoms with Crippen molar-refractivity contribution >= 4 is 23.6 Å². The molecule has 1 saturated carbocycles. The van der Waals surface area contributed by atoms with Crippen molar-refractivity contribution < 1.29 is 19.1 Å². The van der Waals surface area contributed by atoms with Crippen molar-refractivity contribution in [3.8, 4) is 0 Å². The first-order chi connectivity index (χ1) is 15.9. The molecule has 8 heteroatoms. The molecule has 33 heavy (non-hydrogen) atoms. The maximum atomic E-state index is 13.1. The summed E-state index contributed by atoms with van der Waals surface area (Å²) in [5.41, 5.74) is 0. The Balaban J connectivity index is 1.24. The zero-order valence-electron chi connectivity index (χ0n) is 19.3. The minimum Gasteiger partial charge on any atom is -0.459 e. The highest BCUT2D eigenvalue weighted by atomic mass is 16.5. The van der Waals surface area contributed by atoms with Gasteiger partial charge >= 0.3 is 5.97 Å². The van der Waals surface area contributed by atoms with Gasteiger partial charge in [0.2, 0.25) is 11.8 Å². The van der Waals surface area contributed by atoms with Crippen LogP contribution in [0.4, 0.5) is 5.82 Å². The van der Waals surface area contributed by atoms with Gasteiger partial charge in [0.25, 0.3) is 0 Å². The number of hydrogen-bond acceptors (Lipinski definition) is 7. The molecule has 0 spiro atoms. The van der Waals surface area contributed by atoms with Gasteiger partial charge in [0.1, 0.15) is 11.9 Å². The number of ether oxygens (including phenoxy) is 1. The maximum Gasteiger partial charge on any atom is 0.308 e. The van der Waals surface area contributed by atoms with Gasteiger partial charge in [-0.2, -0.15) is 0 Å². The molecule has 3 fully saturated rings. The number of pyridine rings is 1. The highest BCUT2D eigenvalue weighted by molar-refractivity contribution is 6.06. The van der Waals surface area contributed by atoms with E-state index in [1.54, 1.807) is 20.0 Å². The predicted molar refractivity (Wildman–Crippen MR) is 122 cm³/mol. The van der Waals surface area contributed by atoms with Crippen LogP contribution in [0, 0.1) is 29.6 Å². The van der Waals surface area contributed by atoms with Crippen LogP contribution in [-0.2, 0) is 19.1 Å². The van der Waals surface area contributed by atoms with E-state index in [9.17, 15) is 14.4 Å². The molecule has 8 nitrogen and oxygen atoms in total. The second-order valence-electron chi connectivity index (χ2n) is 9.98. The zero-order chi connectivity index (χ0) is 23.1. The molecule has 1 aromatic heterocycles. The van der Waals surface area contributed by atoms with E-state index in [4.69, 9.17) is 4.74 Å². The predicted octanol–water partition coefficient (Wildman–Crippen LogP) is 1.58. The zero-order valence-corrected chi connectivity index (χ0v) is 19.3. The van der Waals surface area contributed by atoms with Crippen LogP contribution in [0.1, 0.15) is 20.3 Å². The first kappa shape index (κ1) is 22.1. The van der Waals surface area contributed by atoms with Crippen molar-refractivity contribution in [2.45, 2.75) is 26.4 Å². The van der Waals surface area contributed by atoms with Gasteiger partial charge in [-0.05, 0) is 30.4 Å². The molecular formula is C25H32N4O4. The fraction of sp³-hybridized carbons (Fsp3) is 0.600. The number of allylic oxidation sites excluding steroid dienone is 2. The molecule has 5 rings (SSSR count). The van der Waals surface area contributed by atoms with Crippen LogP contribution in [0.15, 0.2) is 36.5 Å². The highest BCUT2D eigenvalue weighted by Crippen LogP contribution is 2.52. The number of piperazine rings is 1. The van der Waals surface area contributed by atoms with Gasteiger partial charge in [-0.15, -0.1) is 0 Å². The Morgan fingerprint density at radius 2 is 1.70 bits per heavy atom. The lowest BCUT2D eigenvalue weighted by Gasteiger charge is -2.37. The van der Waals surface area contributed by atoms with E-state index < -0.39 is 6.10 Å². The molecule has 2 saturated heterocycles. The van der Waals surface area contributed by atoms with Crippen LogP contribution in [0.25, 0.3) is 0 Å². The molecule has 2 aliphatic heterocycles. The Morgan fingerprint density at radius 1 is 1.03 bits per heavy atom. The number of aromatic nitrogens is 1. The number of fused-ring (bicyclic) bond motifs is 5. The average molecular weight is 453 g/mol. The van der Waals surface area contributed by atoms with Crippen LogP contribution in [0.5, 0.6) is 0 Å². The summed E-state index contributed by atoms with van der Waals surface area (Å²) < 4.78 is 5.81. The summed E-state index contributed by atoms with van der Waals surface area (Å²) in [4.78, 5) is 49.0. The highest BCUT2D eigenvalue weighted by Gasteiger charge is 2.59. The number of carbonyl (C=O) groups excluding carboxylic acids is 3. The first-order valence-corrected chi connectivity index (χ1v) is 12.0. The largest absolute Gasteiger partial charge is 0.459 e. The average Bonchev–Trinajstić information content (AvgIpc) is 3.50. The maximum absolute atomic E-state index is 13.1. The molecular weight excluding hydrogens is 420 g/mol. The molecule has 176 valence electrons. The van der Waals surface area contributed by atoms with E-state index in [0.717, 1.165) is 38.4 Å². The van der Waals surface area contributed by atoms with Crippen LogP contribution < -0.4 is 4.90 Å². The van der Waals surface area contributed by atoms with Crippen molar-refractivity contribution in [1.82, 2.24) is 14.8 Å². The lowest BCUT2D eigenvalue weighted by Crippen LogP contribution is -2.52. The number of amides is 2. The number of nitrogens with zero attached hydrogens (tertiary/aromatic N) is 4. The summed E-state index contributed by atoms with van der Waals surface area (Å²) in [6.45, 7) is 7.48. The smallest absolute Gasteiger partial charge is 0.308 e. The Kier molecular flexibility index (Phi) is 5.95. The Labute approximate surface area is 194 Å². The van der Waals surface area contributed by atoms with Gasteiger partial charge in [0, 0.05) is 38.9 Å². The fourth-order valence-electron chi connectivity index (χ4n) is 5.77. The number of hydrogen-bond donors (Lipinski definition) is 0. The fourth-order valence-corrected chi connectivity index (χ4v) is 5.77. The Hall–Kier alpha value is -2.74. The van der Waals surface area contributed by atoms with Gasteiger partial charge in [-0.3, -0.25) is 24.2 Å². The third-order valence-electron chi connectivity index (χ3n) is 7.51. The van der Waals surface area contributed by atoms with Crippen molar-refractivity contribution in [1.29, 1.82) is 0 Å². The minimum absolute atomic E-state index is 0.0904. The van der Waals surface area contributed by atoms with E-state index in [1.807, 2.05) is 18.2 Å². The van der Waals surface area contributed by atoms with Crippen molar-refractivity contribution in [3.63, 3.8) is 0 Å². The summed E-state index contributed by atoms with van der Waals surface area (Å²) in [7, 11) is 0. The molecule has 1 aromatic rings. The molecule has 4 aliphatic rings. The first-order valence-electron chi connectivity index (χ1n) is 12.0. The molecule has 2 amide bonds. The van der Waals surface area contributed by atoms with Crippen LogP contribution in [0.2, 0.25) is 0 Å². The number of rotatable bonds is 7. The lowest BCUT2D eigenvalue weighted by atomic mass is 9.85. The summed E-state index contributed by atoms with van der Waals surface area (Å²) >= 11 is 0. The number of carbonyl (C=O) groups is 3. The number of esters is 1. The Bertz CT molecular complexity index is 911. The summed E-state index contributed by atoms with van der Waals surface area (Å²) in [6, 6.07) is 5.90. The Morgan fingerprint density at radius 3 is 2.27 bits per heavy atom. The van der Waals surface area contributed by atoms with Gasteiger partial charge in [-0.25, -0.2) is 4.98 Å². The second-order valence-corrected chi connectivity index (χ2v) is 9.98. The van der Waals surface area contributed by atoms with Crippen LogP contribution >= 0.6 is 0 Å². The monoisotopic (exact) mass is 452 g/mol. The van der Waals surface area contributed by atoms with Gasteiger partial charge in [0.15, 0.2) is 0 Å².